The Morgan fingerprint density at radius 2 is 1.47 bits per heavy atom. The maximum atomic E-state index is 14.2. The van der Waals surface area contributed by atoms with E-state index in [0.29, 0.717) is 22.1 Å². The van der Waals surface area contributed by atoms with Gasteiger partial charge < -0.3 is 0 Å². The van der Waals surface area contributed by atoms with Crippen LogP contribution in [0.1, 0.15) is 0 Å². The molecule has 0 aliphatic rings. The van der Waals surface area contributed by atoms with Crippen LogP contribution in [0.4, 0.5) is 8.78 Å². The summed E-state index contributed by atoms with van der Waals surface area (Å²) in [6, 6.07) is 9.02. The molecule has 0 unspecified atom stereocenters. The molecular formula is C12H9B2BrF2. The summed E-state index contributed by atoms with van der Waals surface area (Å²) < 4.78 is 28.3. The fraction of sp³-hybridized carbons (Fsp3) is 0. The van der Waals surface area contributed by atoms with Crippen molar-refractivity contribution in [2.24, 2.45) is 0 Å². The first-order chi connectivity index (χ1) is 8.04. The van der Waals surface area contributed by atoms with Crippen molar-refractivity contribution < 1.29 is 8.78 Å². The van der Waals surface area contributed by atoms with Gasteiger partial charge in [0.05, 0.1) is 0 Å². The molecule has 2 aromatic carbocycles. The summed E-state index contributed by atoms with van der Waals surface area (Å²) in [5.74, 6) is -0.773. The highest BCUT2D eigenvalue weighted by Gasteiger charge is 2.18. The van der Waals surface area contributed by atoms with E-state index in [0.717, 1.165) is 0 Å². The van der Waals surface area contributed by atoms with Crippen LogP contribution in [0.2, 0.25) is 0 Å². The molecule has 0 radical (unpaired) electrons. The SMILES string of the molecule is Bc1c(F)c(-c2ccccc2)c(B)c(F)c1Br. The standard InChI is InChI=1S/C12H9B2BrF2/c13-8-7(6-4-2-1-3-5-6)11(16)9(14)10(15)12(8)17/h1-5H,13-14H2. The molecule has 0 bridgehead atoms. The van der Waals surface area contributed by atoms with Gasteiger partial charge in [0.25, 0.3) is 0 Å². The van der Waals surface area contributed by atoms with Crippen molar-refractivity contribution in [1.82, 2.24) is 0 Å². The van der Waals surface area contributed by atoms with Crippen LogP contribution >= 0.6 is 15.9 Å². The zero-order valence-electron chi connectivity index (χ0n) is 9.52. The highest BCUT2D eigenvalue weighted by molar-refractivity contribution is 9.10. The van der Waals surface area contributed by atoms with Gasteiger partial charge >= 0.3 is 0 Å². The van der Waals surface area contributed by atoms with Gasteiger partial charge in [0, 0.05) is 10.0 Å². The quantitative estimate of drug-likeness (QED) is 0.541. The van der Waals surface area contributed by atoms with Crippen LogP contribution in [0.25, 0.3) is 11.1 Å². The van der Waals surface area contributed by atoms with Gasteiger partial charge in [-0.15, -0.1) is 0 Å². The van der Waals surface area contributed by atoms with Gasteiger partial charge in [0.1, 0.15) is 27.3 Å². The molecule has 0 nitrogen and oxygen atoms in total. The van der Waals surface area contributed by atoms with Gasteiger partial charge in [-0.1, -0.05) is 30.3 Å². The summed E-state index contributed by atoms with van der Waals surface area (Å²) in [6.07, 6.45) is 0. The van der Waals surface area contributed by atoms with Crippen LogP contribution in [-0.4, -0.2) is 15.7 Å². The fourth-order valence-electron chi connectivity index (χ4n) is 1.84. The normalized spacial score (nSPS) is 10.5. The highest BCUT2D eigenvalue weighted by Crippen LogP contribution is 2.23. The van der Waals surface area contributed by atoms with Crippen molar-refractivity contribution >= 4 is 42.5 Å². The van der Waals surface area contributed by atoms with E-state index in [9.17, 15) is 8.78 Å². The summed E-state index contributed by atoms with van der Waals surface area (Å²) >= 11 is 3.07. The molecule has 84 valence electrons. The number of benzene rings is 2. The predicted molar refractivity (Wildman–Crippen MR) is 75.8 cm³/mol. The molecule has 0 spiro atoms. The third-order valence-electron chi connectivity index (χ3n) is 2.84. The lowest BCUT2D eigenvalue weighted by Crippen LogP contribution is -2.25. The largest absolute Gasteiger partial charge is 0.207 e. The fourth-order valence-corrected chi connectivity index (χ4v) is 2.31. The Morgan fingerprint density at radius 3 is 2.06 bits per heavy atom. The van der Waals surface area contributed by atoms with Crippen molar-refractivity contribution in [2.45, 2.75) is 0 Å². The summed E-state index contributed by atoms with van der Waals surface area (Å²) in [5.41, 5.74) is 1.65. The number of halogens is 3. The third-order valence-corrected chi connectivity index (χ3v) is 3.78. The van der Waals surface area contributed by atoms with E-state index in [1.165, 1.54) is 0 Å². The predicted octanol–water partition coefficient (Wildman–Crippen LogP) is 0.911. The first kappa shape index (κ1) is 12.4. The lowest BCUT2D eigenvalue weighted by Gasteiger charge is -2.13. The number of rotatable bonds is 1. The Hall–Kier alpha value is -1.09. The molecule has 5 heteroatoms. The molecule has 2 aromatic rings. The van der Waals surface area contributed by atoms with Crippen LogP contribution in [0.3, 0.4) is 0 Å². The Labute approximate surface area is 109 Å². The molecule has 0 heterocycles. The average molecular weight is 293 g/mol. The Kier molecular flexibility index (Phi) is 3.38. The zero-order chi connectivity index (χ0) is 12.6. The minimum Gasteiger partial charge on any atom is -0.207 e. The van der Waals surface area contributed by atoms with Crippen LogP contribution in [0.15, 0.2) is 34.8 Å². The van der Waals surface area contributed by atoms with Crippen LogP contribution in [0.5, 0.6) is 0 Å². The van der Waals surface area contributed by atoms with Crippen molar-refractivity contribution in [2.75, 3.05) is 0 Å². The molecule has 0 atom stereocenters. The van der Waals surface area contributed by atoms with Crippen LogP contribution in [-0.2, 0) is 0 Å². The molecule has 0 amide bonds. The van der Waals surface area contributed by atoms with Crippen molar-refractivity contribution in [1.29, 1.82) is 0 Å². The Balaban J connectivity index is 2.80. The van der Waals surface area contributed by atoms with Crippen LogP contribution < -0.4 is 10.9 Å². The van der Waals surface area contributed by atoms with E-state index in [1.54, 1.807) is 27.8 Å². The molecular weight excluding hydrogens is 284 g/mol. The van der Waals surface area contributed by atoms with E-state index in [-0.39, 0.29) is 10.3 Å². The maximum absolute atomic E-state index is 14.2. The minimum absolute atomic E-state index is 0.201. The third kappa shape index (κ3) is 2.04. The maximum Gasteiger partial charge on any atom is 0.144 e. The van der Waals surface area contributed by atoms with Crippen molar-refractivity contribution in [3.63, 3.8) is 0 Å². The molecule has 0 aliphatic heterocycles. The van der Waals surface area contributed by atoms with Crippen LogP contribution in [0, 0.1) is 11.6 Å². The minimum atomic E-state index is -0.400. The lowest BCUT2D eigenvalue weighted by atomic mass is 9.81. The van der Waals surface area contributed by atoms with Gasteiger partial charge in [0.2, 0.25) is 0 Å². The first-order valence-corrected chi connectivity index (χ1v) is 6.02. The Bertz CT molecular complexity index is 541. The van der Waals surface area contributed by atoms with Gasteiger partial charge in [-0.05, 0) is 32.4 Å². The molecule has 0 saturated carbocycles. The van der Waals surface area contributed by atoms with E-state index in [2.05, 4.69) is 15.9 Å². The summed E-state index contributed by atoms with van der Waals surface area (Å²) in [7, 11) is 3.15. The molecule has 17 heavy (non-hydrogen) atoms. The summed E-state index contributed by atoms with van der Waals surface area (Å²) in [6.45, 7) is 0. The molecule has 2 rings (SSSR count). The van der Waals surface area contributed by atoms with Gasteiger partial charge in [-0.3, -0.25) is 0 Å². The number of hydrogen-bond donors (Lipinski definition) is 0. The molecule has 0 fully saturated rings. The van der Waals surface area contributed by atoms with Gasteiger partial charge in [-0.25, -0.2) is 8.78 Å². The van der Waals surface area contributed by atoms with Gasteiger partial charge in [0.15, 0.2) is 0 Å². The second-order valence-corrected chi connectivity index (χ2v) is 4.73. The number of hydrogen-bond acceptors (Lipinski definition) is 0. The lowest BCUT2D eigenvalue weighted by molar-refractivity contribution is 0.611. The summed E-state index contributed by atoms with van der Waals surface area (Å²) in [4.78, 5) is 0. The van der Waals surface area contributed by atoms with Crippen molar-refractivity contribution in [3.05, 3.63) is 46.4 Å². The molecule has 0 aliphatic carbocycles. The van der Waals surface area contributed by atoms with E-state index < -0.39 is 5.82 Å². The molecule has 0 saturated heterocycles. The second-order valence-electron chi connectivity index (χ2n) is 3.93. The zero-order valence-corrected chi connectivity index (χ0v) is 11.1. The van der Waals surface area contributed by atoms with E-state index in [1.807, 2.05) is 18.2 Å². The smallest absolute Gasteiger partial charge is 0.144 e. The topological polar surface area (TPSA) is 0 Å². The summed E-state index contributed by atoms with van der Waals surface area (Å²) in [5, 5.41) is 0. The monoisotopic (exact) mass is 292 g/mol. The van der Waals surface area contributed by atoms with E-state index >= 15 is 0 Å². The average Bonchev–Trinajstić information content (AvgIpc) is 2.36. The highest BCUT2D eigenvalue weighted by atomic mass is 79.9. The van der Waals surface area contributed by atoms with Crippen molar-refractivity contribution in [3.8, 4) is 11.1 Å². The second kappa shape index (κ2) is 4.65. The molecule has 0 N–H and O–H groups in total. The van der Waals surface area contributed by atoms with Gasteiger partial charge in [-0.2, -0.15) is 0 Å². The first-order valence-electron chi connectivity index (χ1n) is 5.23. The van der Waals surface area contributed by atoms with E-state index in [4.69, 9.17) is 0 Å². The Morgan fingerprint density at radius 1 is 0.882 bits per heavy atom. The molecule has 0 aromatic heterocycles.